The van der Waals surface area contributed by atoms with Gasteiger partial charge in [-0.2, -0.15) is 11.3 Å². The van der Waals surface area contributed by atoms with E-state index in [0.29, 0.717) is 0 Å². The van der Waals surface area contributed by atoms with E-state index in [1.807, 2.05) is 0 Å². The van der Waals surface area contributed by atoms with Crippen molar-refractivity contribution in [1.82, 2.24) is 4.98 Å². The Balaban J connectivity index is 1.86. The third-order valence-corrected chi connectivity index (χ3v) is 4.21. The Morgan fingerprint density at radius 3 is 2.82 bits per heavy atom. The first-order valence-corrected chi connectivity index (χ1v) is 7.00. The molecule has 2 aromatic heterocycles. The van der Waals surface area contributed by atoms with E-state index in [-0.39, 0.29) is 0 Å². The van der Waals surface area contributed by atoms with Crippen molar-refractivity contribution in [3.8, 4) is 11.3 Å². The minimum Gasteiger partial charge on any atom is -0.354 e. The third-order valence-electron chi connectivity index (χ3n) is 3.53. The van der Waals surface area contributed by atoms with Gasteiger partial charge in [-0.1, -0.05) is 12.1 Å². The van der Waals surface area contributed by atoms with Crippen molar-refractivity contribution in [2.45, 2.75) is 18.8 Å². The van der Waals surface area contributed by atoms with Crippen LogP contribution in [0.25, 0.3) is 22.2 Å². The van der Waals surface area contributed by atoms with Crippen molar-refractivity contribution in [3.63, 3.8) is 0 Å². The monoisotopic (exact) mass is 239 g/mol. The SMILES string of the molecule is c1cc(-c2cc3ccc(C4CC4)cc3[nH]2)cs1. The summed E-state index contributed by atoms with van der Waals surface area (Å²) in [6.07, 6.45) is 2.73. The molecule has 2 heteroatoms. The summed E-state index contributed by atoms with van der Waals surface area (Å²) < 4.78 is 0. The van der Waals surface area contributed by atoms with Gasteiger partial charge >= 0.3 is 0 Å². The quantitative estimate of drug-likeness (QED) is 0.662. The molecular formula is C15H13NS. The van der Waals surface area contributed by atoms with E-state index in [0.717, 1.165) is 5.92 Å². The largest absolute Gasteiger partial charge is 0.354 e. The minimum absolute atomic E-state index is 0.826. The lowest BCUT2D eigenvalue weighted by Gasteiger charge is -1.97. The van der Waals surface area contributed by atoms with Crippen LogP contribution in [0, 0.1) is 0 Å². The molecule has 17 heavy (non-hydrogen) atoms. The number of fused-ring (bicyclic) bond motifs is 1. The first-order valence-electron chi connectivity index (χ1n) is 6.05. The molecule has 1 N–H and O–H groups in total. The van der Waals surface area contributed by atoms with Crippen molar-refractivity contribution < 1.29 is 0 Å². The molecule has 0 saturated heterocycles. The maximum absolute atomic E-state index is 3.53. The maximum atomic E-state index is 3.53. The van der Waals surface area contributed by atoms with Crippen LogP contribution in [0.1, 0.15) is 24.3 Å². The predicted molar refractivity (Wildman–Crippen MR) is 73.6 cm³/mol. The lowest BCUT2D eigenvalue weighted by atomic mass is 10.1. The predicted octanol–water partition coefficient (Wildman–Crippen LogP) is 4.77. The number of thiophene rings is 1. The number of benzene rings is 1. The Bertz CT molecular complexity index is 659. The zero-order valence-corrected chi connectivity index (χ0v) is 10.3. The Labute approximate surface area is 104 Å². The summed E-state index contributed by atoms with van der Waals surface area (Å²) in [7, 11) is 0. The molecule has 2 heterocycles. The molecule has 1 aliphatic rings. The number of aromatic amines is 1. The second-order valence-electron chi connectivity index (χ2n) is 4.82. The van der Waals surface area contributed by atoms with Crippen LogP contribution >= 0.6 is 11.3 Å². The van der Waals surface area contributed by atoms with Crippen LogP contribution in [0.4, 0.5) is 0 Å². The normalized spacial score (nSPS) is 15.5. The zero-order chi connectivity index (χ0) is 11.2. The average molecular weight is 239 g/mol. The summed E-state index contributed by atoms with van der Waals surface area (Å²) in [5.41, 5.74) is 5.29. The second-order valence-corrected chi connectivity index (χ2v) is 5.60. The average Bonchev–Trinajstić information content (AvgIpc) is 2.92. The molecule has 84 valence electrons. The van der Waals surface area contributed by atoms with Crippen LogP contribution < -0.4 is 0 Å². The van der Waals surface area contributed by atoms with Gasteiger partial charge in [-0.05, 0) is 47.9 Å². The molecule has 0 aliphatic heterocycles. The molecule has 1 aromatic carbocycles. The fourth-order valence-electron chi connectivity index (χ4n) is 2.39. The number of nitrogens with one attached hydrogen (secondary N) is 1. The first-order chi connectivity index (χ1) is 8.40. The molecule has 4 rings (SSSR count). The van der Waals surface area contributed by atoms with E-state index in [9.17, 15) is 0 Å². The lowest BCUT2D eigenvalue weighted by Crippen LogP contribution is -1.78. The zero-order valence-electron chi connectivity index (χ0n) is 9.44. The van der Waals surface area contributed by atoms with Crippen molar-refractivity contribution in [2.75, 3.05) is 0 Å². The van der Waals surface area contributed by atoms with Crippen LogP contribution in [0.3, 0.4) is 0 Å². The molecule has 1 nitrogen and oxygen atoms in total. The number of aromatic nitrogens is 1. The summed E-state index contributed by atoms with van der Waals surface area (Å²) in [6.45, 7) is 0. The standard InChI is InChI=1S/C15H13NS/c1-2-10(1)11-3-4-12-8-15(16-14(12)7-11)13-5-6-17-9-13/h3-10,16H,1-2H2. The van der Waals surface area contributed by atoms with E-state index in [2.05, 4.69) is 46.1 Å². The van der Waals surface area contributed by atoms with Gasteiger partial charge in [-0.25, -0.2) is 0 Å². The van der Waals surface area contributed by atoms with Crippen molar-refractivity contribution >= 4 is 22.2 Å². The maximum Gasteiger partial charge on any atom is 0.0473 e. The molecule has 0 amide bonds. The van der Waals surface area contributed by atoms with Gasteiger partial charge in [0.05, 0.1) is 0 Å². The molecular weight excluding hydrogens is 226 g/mol. The van der Waals surface area contributed by atoms with Gasteiger partial charge in [0.2, 0.25) is 0 Å². The molecule has 0 atom stereocenters. The van der Waals surface area contributed by atoms with Crippen LogP contribution in [0.15, 0.2) is 41.1 Å². The van der Waals surface area contributed by atoms with Gasteiger partial charge in [0.1, 0.15) is 0 Å². The molecule has 0 spiro atoms. The number of H-pyrrole nitrogens is 1. The van der Waals surface area contributed by atoms with Gasteiger partial charge in [0.15, 0.2) is 0 Å². The van der Waals surface area contributed by atoms with Gasteiger partial charge in [-0.15, -0.1) is 0 Å². The van der Waals surface area contributed by atoms with Crippen LogP contribution in [-0.2, 0) is 0 Å². The molecule has 1 saturated carbocycles. The van der Waals surface area contributed by atoms with Gasteiger partial charge < -0.3 is 4.98 Å². The highest BCUT2D eigenvalue weighted by atomic mass is 32.1. The highest BCUT2D eigenvalue weighted by Gasteiger charge is 2.23. The fourth-order valence-corrected chi connectivity index (χ4v) is 3.04. The van der Waals surface area contributed by atoms with E-state index in [1.165, 1.54) is 40.6 Å². The molecule has 1 aliphatic carbocycles. The topological polar surface area (TPSA) is 15.8 Å². The second kappa shape index (κ2) is 3.47. The lowest BCUT2D eigenvalue weighted by molar-refractivity contribution is 1.13. The van der Waals surface area contributed by atoms with Crippen LogP contribution in [-0.4, -0.2) is 4.98 Å². The molecule has 3 aromatic rings. The summed E-state index contributed by atoms with van der Waals surface area (Å²) in [5, 5.41) is 5.62. The van der Waals surface area contributed by atoms with E-state index in [1.54, 1.807) is 11.3 Å². The summed E-state index contributed by atoms with van der Waals surface area (Å²) in [4.78, 5) is 3.53. The minimum atomic E-state index is 0.826. The Morgan fingerprint density at radius 2 is 2.06 bits per heavy atom. The number of hydrogen-bond acceptors (Lipinski definition) is 1. The van der Waals surface area contributed by atoms with E-state index in [4.69, 9.17) is 0 Å². The smallest absolute Gasteiger partial charge is 0.0473 e. The Kier molecular flexibility index (Phi) is 1.94. The molecule has 0 bridgehead atoms. The van der Waals surface area contributed by atoms with Crippen molar-refractivity contribution in [1.29, 1.82) is 0 Å². The Hall–Kier alpha value is -1.54. The highest BCUT2D eigenvalue weighted by molar-refractivity contribution is 7.08. The van der Waals surface area contributed by atoms with Crippen molar-refractivity contribution in [2.24, 2.45) is 0 Å². The van der Waals surface area contributed by atoms with Gasteiger partial charge in [0.25, 0.3) is 0 Å². The number of hydrogen-bond donors (Lipinski definition) is 1. The van der Waals surface area contributed by atoms with E-state index >= 15 is 0 Å². The first kappa shape index (κ1) is 9.49. The van der Waals surface area contributed by atoms with Crippen molar-refractivity contribution in [3.05, 3.63) is 46.7 Å². The van der Waals surface area contributed by atoms with E-state index < -0.39 is 0 Å². The summed E-state index contributed by atoms with van der Waals surface area (Å²) >= 11 is 1.74. The number of rotatable bonds is 2. The van der Waals surface area contributed by atoms with Crippen LogP contribution in [0.2, 0.25) is 0 Å². The Morgan fingerprint density at radius 1 is 1.12 bits per heavy atom. The highest BCUT2D eigenvalue weighted by Crippen LogP contribution is 2.41. The van der Waals surface area contributed by atoms with Gasteiger partial charge in [0, 0.05) is 27.5 Å². The molecule has 0 unspecified atom stereocenters. The molecule has 1 fully saturated rings. The summed E-state index contributed by atoms with van der Waals surface area (Å²) in [5.74, 6) is 0.826. The molecule has 0 radical (unpaired) electrons. The fraction of sp³-hybridized carbons (Fsp3) is 0.200. The van der Waals surface area contributed by atoms with Gasteiger partial charge in [-0.3, -0.25) is 0 Å². The third kappa shape index (κ3) is 1.60. The summed E-state index contributed by atoms with van der Waals surface area (Å²) in [6, 6.07) is 11.3. The van der Waals surface area contributed by atoms with Crippen LogP contribution in [0.5, 0.6) is 0 Å².